The Hall–Kier alpha value is -0.340. The van der Waals surface area contributed by atoms with E-state index in [1.54, 1.807) is 11.3 Å². The molecule has 1 aliphatic carbocycles. The van der Waals surface area contributed by atoms with Crippen LogP contribution in [0.4, 0.5) is 0 Å². The maximum absolute atomic E-state index is 10.7. The fourth-order valence-corrected chi connectivity index (χ4v) is 3.73. The minimum absolute atomic E-state index is 0.361. The summed E-state index contributed by atoms with van der Waals surface area (Å²) in [5.41, 5.74) is -0.174. The fraction of sp³-hybridized carbons (Fsp3) is 0.692. The van der Waals surface area contributed by atoms with Crippen LogP contribution in [-0.4, -0.2) is 5.11 Å². The molecule has 15 heavy (non-hydrogen) atoms. The van der Waals surface area contributed by atoms with Crippen LogP contribution >= 0.6 is 11.3 Å². The van der Waals surface area contributed by atoms with Crippen LogP contribution < -0.4 is 0 Å². The van der Waals surface area contributed by atoms with Gasteiger partial charge >= 0.3 is 0 Å². The van der Waals surface area contributed by atoms with Crippen molar-refractivity contribution in [2.24, 2.45) is 11.3 Å². The molecular weight excluding hydrogens is 204 g/mol. The van der Waals surface area contributed by atoms with Gasteiger partial charge in [0.2, 0.25) is 0 Å². The molecular formula is C13H20OS. The molecule has 0 saturated heterocycles. The first-order valence-electron chi connectivity index (χ1n) is 5.70. The highest BCUT2D eigenvalue weighted by Crippen LogP contribution is 2.49. The average Bonchev–Trinajstić information content (AvgIpc) is 2.64. The van der Waals surface area contributed by atoms with Gasteiger partial charge in [0.1, 0.15) is 5.60 Å². The first kappa shape index (κ1) is 11.2. The standard InChI is InChI=1S/C13H20OS/c1-10-9-12(2,3)6-7-13(10,14)11-5-4-8-15-11/h4-5,8,10,14H,6-7,9H2,1-3H3. The van der Waals surface area contributed by atoms with Crippen LogP contribution in [0, 0.1) is 11.3 Å². The van der Waals surface area contributed by atoms with E-state index in [0.717, 1.165) is 24.1 Å². The molecule has 2 unspecified atom stereocenters. The van der Waals surface area contributed by atoms with Crippen LogP contribution in [0.25, 0.3) is 0 Å². The molecule has 1 saturated carbocycles. The molecule has 1 aromatic heterocycles. The van der Waals surface area contributed by atoms with E-state index in [-0.39, 0.29) is 0 Å². The van der Waals surface area contributed by atoms with Crippen molar-refractivity contribution in [3.05, 3.63) is 22.4 Å². The van der Waals surface area contributed by atoms with E-state index in [4.69, 9.17) is 0 Å². The van der Waals surface area contributed by atoms with Crippen molar-refractivity contribution in [3.63, 3.8) is 0 Å². The van der Waals surface area contributed by atoms with Crippen molar-refractivity contribution in [2.45, 2.75) is 45.6 Å². The zero-order valence-electron chi connectivity index (χ0n) is 9.79. The number of hydrogen-bond donors (Lipinski definition) is 1. The number of thiophene rings is 1. The molecule has 1 aromatic rings. The smallest absolute Gasteiger partial charge is 0.101 e. The Kier molecular flexibility index (Phi) is 2.68. The molecule has 1 N–H and O–H groups in total. The number of hydrogen-bond acceptors (Lipinski definition) is 2. The Bertz CT molecular complexity index is 328. The molecule has 84 valence electrons. The second kappa shape index (κ2) is 3.60. The van der Waals surface area contributed by atoms with Crippen molar-refractivity contribution in [1.82, 2.24) is 0 Å². The van der Waals surface area contributed by atoms with Gasteiger partial charge in [0.05, 0.1) is 0 Å². The highest BCUT2D eigenvalue weighted by molar-refractivity contribution is 7.10. The lowest BCUT2D eigenvalue weighted by molar-refractivity contribution is -0.0742. The third kappa shape index (κ3) is 1.98. The molecule has 1 heterocycles. The summed E-state index contributed by atoms with van der Waals surface area (Å²) in [7, 11) is 0. The lowest BCUT2D eigenvalue weighted by Gasteiger charge is -2.44. The van der Waals surface area contributed by atoms with E-state index in [1.165, 1.54) is 0 Å². The van der Waals surface area contributed by atoms with Crippen LogP contribution in [-0.2, 0) is 5.60 Å². The molecule has 1 fully saturated rings. The van der Waals surface area contributed by atoms with Crippen LogP contribution in [0.5, 0.6) is 0 Å². The van der Waals surface area contributed by atoms with Crippen molar-refractivity contribution < 1.29 is 5.11 Å². The highest BCUT2D eigenvalue weighted by Gasteiger charge is 2.44. The summed E-state index contributed by atoms with van der Waals surface area (Å²) in [5.74, 6) is 0.361. The van der Waals surface area contributed by atoms with Gasteiger partial charge in [-0.2, -0.15) is 0 Å². The molecule has 0 aliphatic heterocycles. The third-order valence-corrected chi connectivity index (χ3v) is 4.84. The molecule has 0 bridgehead atoms. The topological polar surface area (TPSA) is 20.2 Å². The van der Waals surface area contributed by atoms with Crippen LogP contribution in [0.1, 0.15) is 44.9 Å². The summed E-state index contributed by atoms with van der Waals surface area (Å²) in [5, 5.41) is 12.8. The second-order valence-corrected chi connectivity index (χ2v) is 6.62. The van der Waals surface area contributed by atoms with E-state index < -0.39 is 5.60 Å². The zero-order valence-corrected chi connectivity index (χ0v) is 10.6. The quantitative estimate of drug-likeness (QED) is 0.769. The van der Waals surface area contributed by atoms with E-state index in [9.17, 15) is 5.11 Å². The molecule has 0 amide bonds. The maximum atomic E-state index is 10.7. The Balaban J connectivity index is 2.24. The van der Waals surface area contributed by atoms with Gasteiger partial charge in [0.25, 0.3) is 0 Å². The van der Waals surface area contributed by atoms with Crippen molar-refractivity contribution in [3.8, 4) is 0 Å². The molecule has 2 rings (SSSR count). The predicted octanol–water partition coefficient (Wildman–Crippen LogP) is 3.78. The van der Waals surface area contributed by atoms with Crippen LogP contribution in [0.2, 0.25) is 0 Å². The van der Waals surface area contributed by atoms with E-state index in [0.29, 0.717) is 11.3 Å². The van der Waals surface area contributed by atoms with Gasteiger partial charge in [-0.05, 0) is 42.0 Å². The van der Waals surface area contributed by atoms with Crippen molar-refractivity contribution >= 4 is 11.3 Å². The normalized spacial score (nSPS) is 35.3. The first-order chi connectivity index (χ1) is 6.94. The van der Waals surface area contributed by atoms with Crippen molar-refractivity contribution in [1.29, 1.82) is 0 Å². The Labute approximate surface area is 96.1 Å². The monoisotopic (exact) mass is 224 g/mol. The Morgan fingerprint density at radius 1 is 1.40 bits per heavy atom. The lowest BCUT2D eigenvalue weighted by Crippen LogP contribution is -2.41. The fourth-order valence-electron chi connectivity index (χ4n) is 2.77. The van der Waals surface area contributed by atoms with Gasteiger partial charge in [-0.1, -0.05) is 26.8 Å². The predicted molar refractivity (Wildman–Crippen MR) is 65.0 cm³/mol. The third-order valence-electron chi connectivity index (χ3n) is 3.80. The van der Waals surface area contributed by atoms with Crippen LogP contribution in [0.3, 0.4) is 0 Å². The SMILES string of the molecule is CC1CC(C)(C)CCC1(O)c1cccs1. The minimum Gasteiger partial charge on any atom is -0.384 e. The molecule has 1 nitrogen and oxygen atoms in total. The first-order valence-corrected chi connectivity index (χ1v) is 6.58. The molecule has 2 heteroatoms. The van der Waals surface area contributed by atoms with Gasteiger partial charge in [-0.3, -0.25) is 0 Å². The van der Waals surface area contributed by atoms with Gasteiger partial charge in [0, 0.05) is 4.88 Å². The highest BCUT2D eigenvalue weighted by atomic mass is 32.1. The van der Waals surface area contributed by atoms with E-state index >= 15 is 0 Å². The zero-order chi connectivity index (χ0) is 11.1. The number of rotatable bonds is 1. The average molecular weight is 224 g/mol. The van der Waals surface area contributed by atoms with Gasteiger partial charge in [-0.25, -0.2) is 0 Å². The summed E-state index contributed by atoms with van der Waals surface area (Å²) in [4.78, 5) is 1.14. The minimum atomic E-state index is -0.566. The van der Waals surface area contributed by atoms with Gasteiger partial charge in [-0.15, -0.1) is 11.3 Å². The summed E-state index contributed by atoms with van der Waals surface area (Å²) in [6.45, 7) is 6.79. The van der Waals surface area contributed by atoms with Crippen molar-refractivity contribution in [2.75, 3.05) is 0 Å². The molecule has 2 atom stereocenters. The summed E-state index contributed by atoms with van der Waals surface area (Å²) in [6.07, 6.45) is 3.13. The largest absolute Gasteiger partial charge is 0.384 e. The van der Waals surface area contributed by atoms with Gasteiger partial charge in [0.15, 0.2) is 0 Å². The Morgan fingerprint density at radius 2 is 2.13 bits per heavy atom. The van der Waals surface area contributed by atoms with Gasteiger partial charge < -0.3 is 5.11 Å². The summed E-state index contributed by atoms with van der Waals surface area (Å²) >= 11 is 1.68. The molecule has 1 aliphatic rings. The summed E-state index contributed by atoms with van der Waals surface area (Å²) < 4.78 is 0. The second-order valence-electron chi connectivity index (χ2n) is 5.67. The summed E-state index contributed by atoms with van der Waals surface area (Å²) in [6, 6.07) is 4.10. The number of aliphatic hydroxyl groups is 1. The lowest BCUT2D eigenvalue weighted by atomic mass is 9.65. The van der Waals surface area contributed by atoms with Crippen LogP contribution in [0.15, 0.2) is 17.5 Å². The molecule has 0 radical (unpaired) electrons. The Morgan fingerprint density at radius 3 is 2.67 bits per heavy atom. The maximum Gasteiger partial charge on any atom is 0.101 e. The van der Waals surface area contributed by atoms with E-state index in [1.807, 2.05) is 6.07 Å². The molecule has 0 spiro atoms. The van der Waals surface area contributed by atoms with E-state index in [2.05, 4.69) is 32.2 Å². The molecule has 0 aromatic carbocycles.